The monoisotopic (exact) mass is 399 g/mol. The minimum absolute atomic E-state index is 0.973. The fraction of sp³-hybridized carbons (Fsp3) is 0.250. The van der Waals surface area contributed by atoms with Crippen molar-refractivity contribution < 1.29 is 0 Å². The van der Waals surface area contributed by atoms with Crippen LogP contribution >= 0.6 is 45.2 Å². The average Bonchev–Trinajstić information content (AvgIpc) is 2.27. The van der Waals surface area contributed by atoms with Crippen molar-refractivity contribution in [2.24, 2.45) is 0 Å². The third-order valence-electron chi connectivity index (χ3n) is 1.87. The van der Waals surface area contributed by atoms with E-state index in [2.05, 4.69) is 66.5 Å². The minimum atomic E-state index is 0.973. The van der Waals surface area contributed by atoms with E-state index in [-0.39, 0.29) is 0 Å². The van der Waals surface area contributed by atoms with Crippen molar-refractivity contribution in [3.05, 3.63) is 25.0 Å². The van der Waals surface area contributed by atoms with E-state index in [0.29, 0.717) is 0 Å². The molecule has 0 aromatic carbocycles. The van der Waals surface area contributed by atoms with Gasteiger partial charge in [-0.15, -0.1) is 0 Å². The summed E-state index contributed by atoms with van der Waals surface area (Å²) in [5.41, 5.74) is 3.16. The van der Waals surface area contributed by atoms with Crippen molar-refractivity contribution in [2.45, 2.75) is 13.8 Å². The molecular weight excluding hydrogens is 392 g/mol. The van der Waals surface area contributed by atoms with E-state index in [1.165, 1.54) is 0 Å². The summed E-state index contributed by atoms with van der Waals surface area (Å²) in [6, 6.07) is 2.00. The lowest BCUT2D eigenvalue weighted by atomic mass is 10.4. The van der Waals surface area contributed by atoms with Gasteiger partial charge in [-0.2, -0.15) is 0 Å². The Balaban J connectivity index is 2.94. The lowest BCUT2D eigenvalue weighted by Gasteiger charge is -2.00. The SMILES string of the molecule is Cc1cc2nc(I)c(C)n2c(I)n1. The number of aromatic nitrogens is 3. The molecule has 0 aliphatic carbocycles. The highest BCUT2D eigenvalue weighted by atomic mass is 127. The molecule has 5 heteroatoms. The number of imidazole rings is 1. The Bertz CT molecular complexity index is 476. The van der Waals surface area contributed by atoms with Gasteiger partial charge >= 0.3 is 0 Å². The molecule has 0 radical (unpaired) electrons. The predicted molar refractivity (Wildman–Crippen MR) is 67.9 cm³/mol. The van der Waals surface area contributed by atoms with E-state index in [1.54, 1.807) is 0 Å². The molecule has 3 nitrogen and oxygen atoms in total. The average molecular weight is 399 g/mol. The maximum Gasteiger partial charge on any atom is 0.177 e. The molecule has 2 aromatic heterocycles. The molecule has 0 saturated carbocycles. The molecule has 0 aliphatic rings. The highest BCUT2D eigenvalue weighted by Gasteiger charge is 2.08. The summed E-state index contributed by atoms with van der Waals surface area (Å²) in [7, 11) is 0. The molecule has 2 heterocycles. The third-order valence-corrected chi connectivity index (χ3v) is 3.61. The molecule has 2 rings (SSSR count). The first-order valence-corrected chi connectivity index (χ1v) is 5.93. The third kappa shape index (κ3) is 1.56. The fourth-order valence-corrected chi connectivity index (χ4v) is 2.72. The van der Waals surface area contributed by atoms with Gasteiger partial charge in [-0.1, -0.05) is 0 Å². The Labute approximate surface area is 103 Å². The molecule has 0 amide bonds. The van der Waals surface area contributed by atoms with Gasteiger partial charge in [-0.3, -0.25) is 4.40 Å². The van der Waals surface area contributed by atoms with Crippen LogP contribution in [0.5, 0.6) is 0 Å². The van der Waals surface area contributed by atoms with Crippen LogP contribution in [0.4, 0.5) is 0 Å². The summed E-state index contributed by atoms with van der Waals surface area (Å²) >= 11 is 4.47. The van der Waals surface area contributed by atoms with Gasteiger partial charge in [0, 0.05) is 34.4 Å². The molecule has 0 unspecified atom stereocenters. The molecule has 0 bridgehead atoms. The van der Waals surface area contributed by atoms with Crippen LogP contribution in [0.2, 0.25) is 0 Å². The Hall–Kier alpha value is 0.0800. The van der Waals surface area contributed by atoms with Crippen molar-refractivity contribution in [3.63, 3.8) is 0 Å². The standard InChI is InChI=1S/C8H7I2N3/c1-4-3-6-12-7(9)5(2)13(6)8(10)11-4/h3H,1-2H3. The molecule has 0 saturated heterocycles. The van der Waals surface area contributed by atoms with Crippen molar-refractivity contribution in [2.75, 3.05) is 0 Å². The van der Waals surface area contributed by atoms with Gasteiger partial charge in [0.25, 0.3) is 0 Å². The summed E-state index contributed by atoms with van der Waals surface area (Å²) in [4.78, 5) is 8.82. The summed E-state index contributed by atoms with van der Waals surface area (Å²) in [6.45, 7) is 4.04. The quantitative estimate of drug-likeness (QED) is 0.504. The van der Waals surface area contributed by atoms with E-state index >= 15 is 0 Å². The molecule has 0 aliphatic heterocycles. The highest BCUT2D eigenvalue weighted by Crippen LogP contribution is 2.17. The van der Waals surface area contributed by atoms with Crippen LogP contribution < -0.4 is 0 Å². The number of aryl methyl sites for hydroxylation is 2. The van der Waals surface area contributed by atoms with Gasteiger partial charge in [0.05, 0.1) is 5.69 Å². The van der Waals surface area contributed by atoms with Crippen LogP contribution in [0.3, 0.4) is 0 Å². The maximum absolute atomic E-state index is 4.44. The second-order valence-electron chi connectivity index (χ2n) is 2.85. The van der Waals surface area contributed by atoms with Gasteiger partial charge in [-0.05, 0) is 36.4 Å². The van der Waals surface area contributed by atoms with Crippen LogP contribution in [0.1, 0.15) is 11.4 Å². The predicted octanol–water partition coefficient (Wildman–Crippen LogP) is 2.56. The van der Waals surface area contributed by atoms with Crippen LogP contribution in [-0.2, 0) is 0 Å². The molecule has 0 atom stereocenters. The fourth-order valence-electron chi connectivity index (χ4n) is 1.24. The topological polar surface area (TPSA) is 30.2 Å². The molecule has 0 spiro atoms. The van der Waals surface area contributed by atoms with E-state index < -0.39 is 0 Å². The van der Waals surface area contributed by atoms with E-state index in [9.17, 15) is 0 Å². The number of hydrogen-bond donors (Lipinski definition) is 0. The second-order valence-corrected chi connectivity index (χ2v) is 4.83. The number of fused-ring (bicyclic) bond motifs is 1. The van der Waals surface area contributed by atoms with Crippen molar-refractivity contribution in [1.82, 2.24) is 14.4 Å². The zero-order chi connectivity index (χ0) is 9.59. The normalized spacial score (nSPS) is 11.1. The molecule has 0 fully saturated rings. The number of rotatable bonds is 0. The van der Waals surface area contributed by atoms with Gasteiger partial charge in [0.2, 0.25) is 0 Å². The molecule has 2 aromatic rings. The number of halogens is 2. The van der Waals surface area contributed by atoms with Crippen LogP contribution in [0, 0.1) is 21.4 Å². The second kappa shape index (κ2) is 3.34. The molecular formula is C8H7I2N3. The van der Waals surface area contributed by atoms with Crippen molar-refractivity contribution >= 4 is 50.8 Å². The lowest BCUT2D eigenvalue weighted by Crippen LogP contribution is -1.98. The first-order chi connectivity index (χ1) is 6.09. The van der Waals surface area contributed by atoms with Gasteiger partial charge in [0.15, 0.2) is 3.83 Å². The Morgan fingerprint density at radius 1 is 1.23 bits per heavy atom. The first-order valence-electron chi connectivity index (χ1n) is 3.77. The summed E-state index contributed by atoms with van der Waals surface area (Å²) in [5, 5.41) is 0. The summed E-state index contributed by atoms with van der Waals surface area (Å²) < 4.78 is 4.08. The number of nitrogens with zero attached hydrogens (tertiary/aromatic N) is 3. The number of hydrogen-bond acceptors (Lipinski definition) is 2. The van der Waals surface area contributed by atoms with Crippen LogP contribution in [0.15, 0.2) is 6.07 Å². The van der Waals surface area contributed by atoms with Gasteiger partial charge in [-0.25, -0.2) is 9.97 Å². The zero-order valence-electron chi connectivity index (χ0n) is 7.17. The van der Waals surface area contributed by atoms with Crippen molar-refractivity contribution in [1.29, 1.82) is 0 Å². The Morgan fingerprint density at radius 2 is 1.92 bits per heavy atom. The Kier molecular flexibility index (Phi) is 2.47. The van der Waals surface area contributed by atoms with Crippen molar-refractivity contribution in [3.8, 4) is 0 Å². The van der Waals surface area contributed by atoms with Gasteiger partial charge in [0.1, 0.15) is 9.35 Å². The largest absolute Gasteiger partial charge is 0.275 e. The van der Waals surface area contributed by atoms with E-state index in [4.69, 9.17) is 0 Å². The molecule has 13 heavy (non-hydrogen) atoms. The van der Waals surface area contributed by atoms with E-state index in [1.807, 2.05) is 13.0 Å². The smallest absolute Gasteiger partial charge is 0.177 e. The molecule has 0 N–H and O–H groups in total. The zero-order valence-corrected chi connectivity index (χ0v) is 11.5. The minimum Gasteiger partial charge on any atom is -0.275 e. The summed E-state index contributed by atoms with van der Waals surface area (Å²) in [5.74, 6) is 0. The van der Waals surface area contributed by atoms with Crippen LogP contribution in [0.25, 0.3) is 5.65 Å². The molecule has 68 valence electrons. The Morgan fingerprint density at radius 3 is 2.62 bits per heavy atom. The van der Waals surface area contributed by atoms with Crippen LogP contribution in [-0.4, -0.2) is 14.4 Å². The van der Waals surface area contributed by atoms with Gasteiger partial charge < -0.3 is 0 Å². The maximum atomic E-state index is 4.44. The first kappa shape index (κ1) is 9.63. The summed E-state index contributed by atoms with van der Waals surface area (Å²) in [6.07, 6.45) is 0. The van der Waals surface area contributed by atoms with E-state index in [0.717, 1.165) is 24.6 Å². The highest BCUT2D eigenvalue weighted by molar-refractivity contribution is 14.1. The lowest BCUT2D eigenvalue weighted by molar-refractivity contribution is 0.963.